The number of rotatable bonds is 3. The fraction of sp³-hybridized carbons (Fsp3) is 0.231. The number of hydrogen-bond donors (Lipinski definition) is 1. The lowest BCUT2D eigenvalue weighted by atomic mass is 10.1. The van der Waals surface area contributed by atoms with Gasteiger partial charge >= 0.3 is 0 Å². The molecule has 2 nitrogen and oxygen atoms in total. The molecule has 0 saturated heterocycles. The van der Waals surface area contributed by atoms with Crippen LogP contribution in [-0.4, -0.2) is 4.57 Å². The molecule has 0 amide bonds. The van der Waals surface area contributed by atoms with Gasteiger partial charge in [-0.3, -0.25) is 0 Å². The zero-order valence-electron chi connectivity index (χ0n) is 8.93. The van der Waals surface area contributed by atoms with E-state index < -0.39 is 0 Å². The maximum atomic E-state index is 5.59. The summed E-state index contributed by atoms with van der Waals surface area (Å²) in [5.41, 5.74) is 8.08. The third-order valence-corrected chi connectivity index (χ3v) is 2.74. The molecule has 1 aromatic heterocycles. The molecule has 15 heavy (non-hydrogen) atoms. The molecular weight excluding hydrogens is 184 g/mol. The standard InChI is InChI=1S/C13H16N2/c1-11(13-5-3-2-4-6-13)15-8-7-12(9-14)10-15/h2-8,10-11H,9,14H2,1H3/t11-/m1/s1. The van der Waals surface area contributed by atoms with Gasteiger partial charge in [0.05, 0.1) is 6.04 Å². The Hall–Kier alpha value is -1.54. The van der Waals surface area contributed by atoms with E-state index in [1.54, 1.807) is 0 Å². The topological polar surface area (TPSA) is 30.9 Å². The molecule has 0 fully saturated rings. The lowest BCUT2D eigenvalue weighted by Crippen LogP contribution is -2.04. The van der Waals surface area contributed by atoms with Gasteiger partial charge in [-0.15, -0.1) is 0 Å². The Kier molecular flexibility index (Phi) is 2.88. The zero-order chi connectivity index (χ0) is 10.7. The minimum Gasteiger partial charge on any atom is -0.347 e. The normalized spacial score (nSPS) is 12.7. The summed E-state index contributed by atoms with van der Waals surface area (Å²) < 4.78 is 2.19. The van der Waals surface area contributed by atoms with Crippen LogP contribution in [0.2, 0.25) is 0 Å². The van der Waals surface area contributed by atoms with Crippen LogP contribution in [0, 0.1) is 0 Å². The Morgan fingerprint density at radius 3 is 2.53 bits per heavy atom. The van der Waals surface area contributed by atoms with Crippen molar-refractivity contribution in [3.05, 3.63) is 59.9 Å². The lowest BCUT2D eigenvalue weighted by molar-refractivity contribution is 0.641. The van der Waals surface area contributed by atoms with E-state index in [1.165, 1.54) is 11.1 Å². The summed E-state index contributed by atoms with van der Waals surface area (Å²) in [6.45, 7) is 2.80. The van der Waals surface area contributed by atoms with E-state index in [2.05, 4.69) is 54.2 Å². The van der Waals surface area contributed by atoms with E-state index >= 15 is 0 Å². The van der Waals surface area contributed by atoms with Crippen LogP contribution in [0.5, 0.6) is 0 Å². The molecule has 2 aromatic rings. The third kappa shape index (κ3) is 2.10. The van der Waals surface area contributed by atoms with Gasteiger partial charge in [-0.1, -0.05) is 30.3 Å². The van der Waals surface area contributed by atoms with E-state index in [-0.39, 0.29) is 0 Å². The highest BCUT2D eigenvalue weighted by Crippen LogP contribution is 2.18. The second-order valence-electron chi connectivity index (χ2n) is 3.76. The summed E-state index contributed by atoms with van der Waals surface area (Å²) in [5, 5.41) is 0. The maximum absolute atomic E-state index is 5.59. The van der Waals surface area contributed by atoms with Gasteiger partial charge in [0.1, 0.15) is 0 Å². The van der Waals surface area contributed by atoms with Crippen molar-refractivity contribution in [1.29, 1.82) is 0 Å². The van der Waals surface area contributed by atoms with E-state index in [0.717, 1.165) is 0 Å². The van der Waals surface area contributed by atoms with Crippen LogP contribution in [0.3, 0.4) is 0 Å². The van der Waals surface area contributed by atoms with Crippen LogP contribution in [0.4, 0.5) is 0 Å². The SMILES string of the molecule is C[C@H](c1ccccc1)n1ccc(CN)c1. The van der Waals surface area contributed by atoms with Gasteiger partial charge in [0.2, 0.25) is 0 Å². The molecule has 0 spiro atoms. The number of nitrogens with two attached hydrogens (primary N) is 1. The molecule has 1 aromatic carbocycles. The van der Waals surface area contributed by atoms with E-state index in [0.29, 0.717) is 12.6 Å². The van der Waals surface area contributed by atoms with Gasteiger partial charge < -0.3 is 10.3 Å². The minimum absolute atomic E-state index is 0.367. The number of hydrogen-bond acceptors (Lipinski definition) is 1. The van der Waals surface area contributed by atoms with Crippen LogP contribution in [0.15, 0.2) is 48.8 Å². The fourth-order valence-electron chi connectivity index (χ4n) is 1.72. The predicted molar refractivity (Wildman–Crippen MR) is 62.6 cm³/mol. The second-order valence-corrected chi connectivity index (χ2v) is 3.76. The third-order valence-electron chi connectivity index (χ3n) is 2.74. The average molecular weight is 200 g/mol. The molecule has 0 bridgehead atoms. The number of benzene rings is 1. The van der Waals surface area contributed by atoms with Crippen molar-refractivity contribution >= 4 is 0 Å². The molecule has 0 aliphatic heterocycles. The van der Waals surface area contributed by atoms with Crippen LogP contribution >= 0.6 is 0 Å². The van der Waals surface area contributed by atoms with Crippen molar-refractivity contribution in [1.82, 2.24) is 4.57 Å². The molecule has 0 radical (unpaired) electrons. The molecule has 0 unspecified atom stereocenters. The maximum Gasteiger partial charge on any atom is 0.0551 e. The summed E-state index contributed by atoms with van der Waals surface area (Å²) >= 11 is 0. The van der Waals surface area contributed by atoms with E-state index in [4.69, 9.17) is 5.73 Å². The first-order valence-electron chi connectivity index (χ1n) is 5.22. The molecule has 2 N–H and O–H groups in total. The highest BCUT2D eigenvalue weighted by atomic mass is 15.0. The summed E-state index contributed by atoms with van der Waals surface area (Å²) in [7, 11) is 0. The predicted octanol–water partition coefficient (Wildman–Crippen LogP) is 2.56. The average Bonchev–Trinajstić information content (AvgIpc) is 2.78. The van der Waals surface area contributed by atoms with E-state index in [9.17, 15) is 0 Å². The second kappa shape index (κ2) is 4.32. The summed E-state index contributed by atoms with van der Waals surface area (Å²) in [4.78, 5) is 0. The molecule has 0 aliphatic carbocycles. The Balaban J connectivity index is 2.24. The molecular formula is C13H16N2. The first-order chi connectivity index (χ1) is 7.31. The van der Waals surface area contributed by atoms with Crippen molar-refractivity contribution in [3.63, 3.8) is 0 Å². The van der Waals surface area contributed by atoms with Crippen LogP contribution in [-0.2, 0) is 6.54 Å². The Morgan fingerprint density at radius 2 is 1.93 bits per heavy atom. The molecule has 2 rings (SSSR count). The van der Waals surface area contributed by atoms with E-state index in [1.807, 2.05) is 6.07 Å². The van der Waals surface area contributed by atoms with Crippen molar-refractivity contribution < 1.29 is 0 Å². The van der Waals surface area contributed by atoms with Crippen molar-refractivity contribution in [2.24, 2.45) is 5.73 Å². The zero-order valence-corrected chi connectivity index (χ0v) is 8.93. The molecule has 1 heterocycles. The van der Waals surface area contributed by atoms with Gasteiger partial charge in [0, 0.05) is 18.9 Å². The summed E-state index contributed by atoms with van der Waals surface area (Å²) in [6, 6.07) is 12.9. The van der Waals surface area contributed by atoms with Gasteiger partial charge in [-0.25, -0.2) is 0 Å². The van der Waals surface area contributed by atoms with Gasteiger partial charge in [-0.05, 0) is 24.1 Å². The van der Waals surface area contributed by atoms with Gasteiger partial charge in [-0.2, -0.15) is 0 Å². The van der Waals surface area contributed by atoms with Crippen LogP contribution in [0.1, 0.15) is 24.1 Å². The fourth-order valence-corrected chi connectivity index (χ4v) is 1.72. The molecule has 0 aliphatic rings. The summed E-state index contributed by atoms with van der Waals surface area (Å²) in [5.74, 6) is 0. The van der Waals surface area contributed by atoms with Gasteiger partial charge in [0.25, 0.3) is 0 Å². The monoisotopic (exact) mass is 200 g/mol. The first kappa shape index (κ1) is 9.99. The van der Waals surface area contributed by atoms with Crippen LogP contribution < -0.4 is 5.73 Å². The molecule has 78 valence electrons. The highest BCUT2D eigenvalue weighted by Gasteiger charge is 2.06. The molecule has 1 atom stereocenters. The van der Waals surface area contributed by atoms with Crippen LogP contribution in [0.25, 0.3) is 0 Å². The molecule has 0 saturated carbocycles. The summed E-state index contributed by atoms with van der Waals surface area (Å²) in [6.07, 6.45) is 4.19. The first-order valence-corrected chi connectivity index (χ1v) is 5.22. The van der Waals surface area contributed by atoms with Crippen molar-refractivity contribution in [3.8, 4) is 0 Å². The Bertz CT molecular complexity index is 417. The Morgan fingerprint density at radius 1 is 1.20 bits per heavy atom. The lowest BCUT2D eigenvalue weighted by Gasteiger charge is -2.13. The number of aromatic nitrogens is 1. The largest absolute Gasteiger partial charge is 0.347 e. The molecule has 2 heteroatoms. The highest BCUT2D eigenvalue weighted by molar-refractivity contribution is 5.21. The number of nitrogens with zero attached hydrogens (tertiary/aromatic N) is 1. The quantitative estimate of drug-likeness (QED) is 0.811. The van der Waals surface area contributed by atoms with Gasteiger partial charge in [0.15, 0.2) is 0 Å². The van der Waals surface area contributed by atoms with Crippen molar-refractivity contribution in [2.45, 2.75) is 19.5 Å². The van der Waals surface area contributed by atoms with Crippen molar-refractivity contribution in [2.75, 3.05) is 0 Å². The smallest absolute Gasteiger partial charge is 0.0551 e. The Labute approximate surface area is 90.3 Å². The minimum atomic E-state index is 0.367.